The maximum atomic E-state index is 13.0. The van der Waals surface area contributed by atoms with Crippen LogP contribution >= 0.6 is 0 Å². The summed E-state index contributed by atoms with van der Waals surface area (Å²) in [5.74, 6) is 0.507. The number of benzene rings is 1. The predicted molar refractivity (Wildman–Crippen MR) is 95.1 cm³/mol. The minimum absolute atomic E-state index is 0.0579. The first-order valence-corrected chi connectivity index (χ1v) is 8.72. The van der Waals surface area contributed by atoms with E-state index in [1.165, 1.54) is 4.90 Å². The van der Waals surface area contributed by atoms with E-state index in [1.807, 2.05) is 24.3 Å². The van der Waals surface area contributed by atoms with Gasteiger partial charge in [-0.25, -0.2) is 9.78 Å². The molecule has 3 aromatic rings. The van der Waals surface area contributed by atoms with Gasteiger partial charge in [0.25, 0.3) is 0 Å². The van der Waals surface area contributed by atoms with E-state index in [0.717, 1.165) is 16.7 Å². The number of imide groups is 1. The molecule has 1 aliphatic carbocycles. The summed E-state index contributed by atoms with van der Waals surface area (Å²) >= 11 is 0. The highest BCUT2D eigenvalue weighted by Crippen LogP contribution is 2.39. The van der Waals surface area contributed by atoms with Crippen LogP contribution in [-0.2, 0) is 17.8 Å². The van der Waals surface area contributed by atoms with Gasteiger partial charge < -0.3 is 5.32 Å². The molecule has 1 fully saturated rings. The Bertz CT molecular complexity index is 1030. The lowest BCUT2D eigenvalue weighted by Crippen LogP contribution is -2.54. The maximum absolute atomic E-state index is 13.0. The second-order valence-electron chi connectivity index (χ2n) is 6.70. The summed E-state index contributed by atoms with van der Waals surface area (Å²) in [4.78, 5) is 35.1. The molecule has 1 saturated heterocycles. The van der Waals surface area contributed by atoms with Crippen LogP contribution in [-0.4, -0.2) is 37.0 Å². The van der Waals surface area contributed by atoms with Crippen LogP contribution in [0.3, 0.4) is 0 Å². The number of amides is 3. The lowest BCUT2D eigenvalue weighted by Gasteiger charge is -2.33. The first-order chi connectivity index (χ1) is 13.2. The molecule has 8 heteroatoms. The minimum Gasteiger partial charge on any atom is -0.330 e. The molecule has 1 aliphatic heterocycles. The topological polar surface area (TPSA) is 104 Å². The van der Waals surface area contributed by atoms with Crippen molar-refractivity contribution in [2.75, 3.05) is 0 Å². The lowest BCUT2D eigenvalue weighted by molar-refractivity contribution is -0.135. The first-order valence-electron chi connectivity index (χ1n) is 8.72. The largest absolute Gasteiger partial charge is 0.330 e. The molecule has 8 nitrogen and oxygen atoms in total. The minimum atomic E-state index is -0.403. The Kier molecular flexibility index (Phi) is 3.49. The van der Waals surface area contributed by atoms with Gasteiger partial charge in [0.05, 0.1) is 18.5 Å². The monoisotopic (exact) mass is 360 g/mol. The summed E-state index contributed by atoms with van der Waals surface area (Å²) in [5.41, 5.74) is 2.96. The van der Waals surface area contributed by atoms with Crippen LogP contribution in [0.2, 0.25) is 0 Å². The Morgan fingerprint density at radius 3 is 2.78 bits per heavy atom. The van der Waals surface area contributed by atoms with Crippen molar-refractivity contribution < 1.29 is 9.59 Å². The van der Waals surface area contributed by atoms with Gasteiger partial charge in [-0.15, -0.1) is 0 Å². The van der Waals surface area contributed by atoms with Crippen molar-refractivity contribution in [2.45, 2.75) is 19.0 Å². The van der Waals surface area contributed by atoms with Crippen molar-refractivity contribution in [3.05, 3.63) is 65.7 Å². The van der Waals surface area contributed by atoms with E-state index in [4.69, 9.17) is 0 Å². The predicted octanol–water partition coefficient (Wildman–Crippen LogP) is 1.83. The van der Waals surface area contributed by atoms with Gasteiger partial charge >= 0.3 is 6.03 Å². The summed E-state index contributed by atoms with van der Waals surface area (Å²) in [6.07, 6.45) is 3.95. The molecule has 3 amide bonds. The molecule has 27 heavy (non-hydrogen) atoms. The Hall–Kier alpha value is -3.55. The van der Waals surface area contributed by atoms with Crippen molar-refractivity contribution in [3.63, 3.8) is 0 Å². The fraction of sp³-hybridized carbons (Fsp3) is 0.211. The molecule has 1 aromatic carbocycles. The quantitative estimate of drug-likeness (QED) is 0.742. The third kappa shape index (κ3) is 2.57. The maximum Gasteiger partial charge on any atom is 0.325 e. The fourth-order valence-corrected chi connectivity index (χ4v) is 3.81. The zero-order valence-electron chi connectivity index (χ0n) is 14.3. The summed E-state index contributed by atoms with van der Waals surface area (Å²) < 4.78 is 0. The molecule has 0 spiro atoms. The third-order valence-electron chi connectivity index (χ3n) is 5.12. The molecule has 0 radical (unpaired) electrons. The fourth-order valence-electron chi connectivity index (χ4n) is 3.81. The Labute approximate surface area is 154 Å². The summed E-state index contributed by atoms with van der Waals surface area (Å²) in [6, 6.07) is 10.8. The Morgan fingerprint density at radius 2 is 1.93 bits per heavy atom. The van der Waals surface area contributed by atoms with Gasteiger partial charge in [0, 0.05) is 18.0 Å². The molecular formula is C19H16N6O2. The van der Waals surface area contributed by atoms with Crippen LogP contribution in [0, 0.1) is 5.92 Å². The zero-order chi connectivity index (χ0) is 18.4. The van der Waals surface area contributed by atoms with Crippen LogP contribution in [0.25, 0.3) is 11.4 Å². The van der Waals surface area contributed by atoms with E-state index >= 15 is 0 Å². The van der Waals surface area contributed by atoms with Gasteiger partial charge in [-0.2, -0.15) is 5.10 Å². The van der Waals surface area contributed by atoms with E-state index in [9.17, 15) is 9.59 Å². The van der Waals surface area contributed by atoms with Gasteiger partial charge in [-0.05, 0) is 29.7 Å². The highest BCUT2D eigenvalue weighted by atomic mass is 16.2. The van der Waals surface area contributed by atoms with Crippen LogP contribution in [0.15, 0.2) is 48.8 Å². The molecule has 0 unspecified atom stereocenters. The third-order valence-corrected chi connectivity index (χ3v) is 5.12. The van der Waals surface area contributed by atoms with Gasteiger partial charge in [-0.3, -0.25) is 19.8 Å². The molecule has 0 bridgehead atoms. The van der Waals surface area contributed by atoms with Crippen LogP contribution in [0.1, 0.15) is 23.0 Å². The lowest BCUT2D eigenvalue weighted by atomic mass is 9.97. The van der Waals surface area contributed by atoms with Gasteiger partial charge in [0.15, 0.2) is 5.82 Å². The Balaban J connectivity index is 1.37. The van der Waals surface area contributed by atoms with E-state index in [2.05, 4.69) is 25.5 Å². The average Bonchev–Trinajstić information content (AvgIpc) is 3.31. The number of hydrogen-bond donors (Lipinski definition) is 2. The molecule has 3 heterocycles. The Morgan fingerprint density at radius 1 is 1.11 bits per heavy atom. The normalized spacial score (nSPS) is 21.0. The summed E-state index contributed by atoms with van der Waals surface area (Å²) in [6.45, 7) is 0.0579. The number of nitrogens with zero attached hydrogens (tertiary/aromatic N) is 4. The average molecular weight is 360 g/mol. The molecule has 2 aromatic heterocycles. The number of pyridine rings is 1. The summed E-state index contributed by atoms with van der Waals surface area (Å²) in [5, 5.41) is 9.95. The number of aromatic nitrogens is 4. The molecule has 2 aliphatic rings. The van der Waals surface area contributed by atoms with Gasteiger partial charge in [0.1, 0.15) is 5.82 Å². The van der Waals surface area contributed by atoms with E-state index in [-0.39, 0.29) is 24.4 Å². The number of H-pyrrole nitrogens is 1. The highest BCUT2D eigenvalue weighted by Gasteiger charge is 2.46. The van der Waals surface area contributed by atoms with E-state index in [1.54, 1.807) is 24.5 Å². The highest BCUT2D eigenvalue weighted by molar-refractivity contribution is 5.99. The second kappa shape index (κ2) is 6.01. The number of carbonyl (C=O) groups is 2. The van der Waals surface area contributed by atoms with E-state index < -0.39 is 6.03 Å². The van der Waals surface area contributed by atoms with Crippen molar-refractivity contribution in [1.29, 1.82) is 0 Å². The zero-order valence-corrected chi connectivity index (χ0v) is 14.3. The molecule has 5 rings (SSSR count). The number of hydrogen-bond acceptors (Lipinski definition) is 5. The van der Waals surface area contributed by atoms with Crippen LogP contribution in [0.4, 0.5) is 4.79 Å². The number of urea groups is 1. The van der Waals surface area contributed by atoms with Crippen molar-refractivity contribution in [3.8, 4) is 11.4 Å². The molecule has 0 saturated carbocycles. The second-order valence-corrected chi connectivity index (χ2v) is 6.70. The molecule has 2 N–H and O–H groups in total. The van der Waals surface area contributed by atoms with Crippen molar-refractivity contribution >= 4 is 11.9 Å². The number of aromatic amines is 1. The first kappa shape index (κ1) is 15.7. The smallest absolute Gasteiger partial charge is 0.325 e. The number of rotatable bonds is 3. The number of carbonyl (C=O) groups excluding carboxylic acids is 2. The molecule has 134 valence electrons. The van der Waals surface area contributed by atoms with Gasteiger partial charge in [0.2, 0.25) is 5.91 Å². The molecule has 2 atom stereocenters. The van der Waals surface area contributed by atoms with E-state index in [0.29, 0.717) is 18.1 Å². The standard InChI is InChI=1S/C19H16N6O2/c26-18-14-9-12-3-1-2-4-13(12)16(14)22-19(27)25(18)10-15-21-17(24-23-15)11-5-7-20-8-6-11/h1-8,14,16H,9-10H2,(H,22,27)(H,21,23,24)/t14-,16+/m1/s1. The van der Waals surface area contributed by atoms with Crippen LogP contribution in [0.5, 0.6) is 0 Å². The van der Waals surface area contributed by atoms with Crippen LogP contribution < -0.4 is 5.32 Å². The van der Waals surface area contributed by atoms with Crippen molar-refractivity contribution in [1.82, 2.24) is 30.4 Å². The molecular weight excluding hydrogens is 344 g/mol. The number of fused-ring (bicyclic) bond motifs is 3. The van der Waals surface area contributed by atoms with Crippen molar-refractivity contribution in [2.24, 2.45) is 5.92 Å². The summed E-state index contributed by atoms with van der Waals surface area (Å²) in [7, 11) is 0. The number of nitrogens with one attached hydrogen (secondary N) is 2. The van der Waals surface area contributed by atoms with Gasteiger partial charge in [-0.1, -0.05) is 24.3 Å². The SMILES string of the molecule is O=C1N[C@H]2c3ccccc3C[C@H]2C(=O)N1Cc1nc(-c2ccncc2)n[nH]1.